The van der Waals surface area contributed by atoms with Gasteiger partial charge in [0, 0.05) is 30.9 Å². The summed E-state index contributed by atoms with van der Waals surface area (Å²) >= 11 is 0. The van der Waals surface area contributed by atoms with Crippen LogP contribution < -0.4 is 4.67 Å². The lowest BCUT2D eigenvalue weighted by Crippen LogP contribution is -2.29. The molecule has 4 heteroatoms. The molecule has 126 valence electrons. The molecule has 2 saturated heterocycles. The first kappa shape index (κ1) is 16.1. The summed E-state index contributed by atoms with van der Waals surface area (Å²) in [6.07, 6.45) is 2.69. The van der Waals surface area contributed by atoms with Crippen molar-refractivity contribution in [3.8, 4) is 0 Å². The van der Waals surface area contributed by atoms with E-state index >= 15 is 0 Å². The van der Waals surface area contributed by atoms with Crippen LogP contribution in [0.2, 0.25) is 0 Å². The topological polar surface area (TPSA) is 9.72 Å². The molecule has 0 N–H and O–H groups in total. The summed E-state index contributed by atoms with van der Waals surface area (Å²) in [6.45, 7) is 4.75. The average Bonchev–Trinajstić information content (AvgIpc) is 3.23. The van der Waals surface area contributed by atoms with Crippen LogP contribution in [0.25, 0.3) is 0 Å². The Labute approximate surface area is 146 Å². The van der Waals surface area contributed by atoms with Crippen molar-refractivity contribution < 1.29 is 0 Å². The normalized spacial score (nSPS) is 25.2. The Morgan fingerprint density at radius 1 is 1.04 bits per heavy atom. The predicted molar refractivity (Wildman–Crippen MR) is 103 cm³/mol. The third kappa shape index (κ3) is 2.86. The standard InChI is InChI=1S/C20H26N3P/c1-17(18-10-5-3-6-11-18)21(2)24-22-15-9-14-20(22)16-23(24)19-12-7-4-8-13-19/h3-8,10-13,17,20H,9,14-16H2,1-2H3/t17-,20+,24+/m1/s1. The van der Waals surface area contributed by atoms with Gasteiger partial charge in [0.2, 0.25) is 0 Å². The van der Waals surface area contributed by atoms with Gasteiger partial charge in [0.1, 0.15) is 8.37 Å². The maximum Gasteiger partial charge on any atom is 0.149 e. The van der Waals surface area contributed by atoms with Crippen molar-refractivity contribution in [3.63, 3.8) is 0 Å². The fourth-order valence-electron chi connectivity index (χ4n) is 3.92. The lowest BCUT2D eigenvalue weighted by Gasteiger charge is -2.39. The Morgan fingerprint density at radius 2 is 1.71 bits per heavy atom. The zero-order chi connectivity index (χ0) is 16.5. The van der Waals surface area contributed by atoms with Crippen molar-refractivity contribution in [1.82, 2.24) is 9.34 Å². The van der Waals surface area contributed by atoms with Crippen molar-refractivity contribution in [3.05, 3.63) is 66.2 Å². The molecule has 3 atom stereocenters. The number of anilines is 1. The largest absolute Gasteiger partial charge is 0.324 e. The molecular formula is C20H26N3P. The lowest BCUT2D eigenvalue weighted by atomic mass is 10.1. The summed E-state index contributed by atoms with van der Waals surface area (Å²) in [6, 6.07) is 23.0. The number of para-hydroxylation sites is 1. The Hall–Kier alpha value is -1.41. The Balaban J connectivity index is 1.64. The summed E-state index contributed by atoms with van der Waals surface area (Å²) in [5.41, 5.74) is 2.77. The first-order valence-electron chi connectivity index (χ1n) is 8.92. The van der Waals surface area contributed by atoms with Gasteiger partial charge in [-0.05, 0) is 44.5 Å². The molecule has 2 aromatic rings. The summed E-state index contributed by atoms with van der Waals surface area (Å²) < 4.78 is 8.02. The SMILES string of the molecule is C[C@H](c1ccccc1)N(C)[P@]1N(c2ccccc2)C[C@@H]2CCCN21. The predicted octanol–water partition coefficient (Wildman–Crippen LogP) is 4.89. The summed E-state index contributed by atoms with van der Waals surface area (Å²) in [7, 11) is 1.86. The highest BCUT2D eigenvalue weighted by atomic mass is 31.2. The van der Waals surface area contributed by atoms with Crippen LogP contribution >= 0.6 is 8.37 Å². The molecule has 0 bridgehead atoms. The van der Waals surface area contributed by atoms with E-state index in [4.69, 9.17) is 0 Å². The highest BCUT2D eigenvalue weighted by Gasteiger charge is 2.45. The highest BCUT2D eigenvalue weighted by Crippen LogP contribution is 2.59. The molecule has 0 spiro atoms. The van der Waals surface area contributed by atoms with Gasteiger partial charge in [-0.1, -0.05) is 48.5 Å². The first-order chi connectivity index (χ1) is 11.8. The second kappa shape index (κ2) is 6.84. The van der Waals surface area contributed by atoms with Crippen molar-refractivity contribution in [1.29, 1.82) is 0 Å². The zero-order valence-electron chi connectivity index (χ0n) is 14.5. The van der Waals surface area contributed by atoms with E-state index in [0.717, 1.165) is 6.04 Å². The molecule has 4 rings (SSSR count). The van der Waals surface area contributed by atoms with Gasteiger partial charge in [-0.3, -0.25) is 0 Å². The van der Waals surface area contributed by atoms with E-state index in [0.29, 0.717) is 6.04 Å². The molecule has 0 aromatic heterocycles. The molecule has 0 aliphatic carbocycles. The quantitative estimate of drug-likeness (QED) is 0.734. The maximum atomic E-state index is 2.77. The van der Waals surface area contributed by atoms with Crippen LogP contribution in [0.3, 0.4) is 0 Å². The third-order valence-electron chi connectivity index (χ3n) is 5.35. The molecular weight excluding hydrogens is 313 g/mol. The second-order valence-corrected chi connectivity index (χ2v) is 8.97. The van der Waals surface area contributed by atoms with Gasteiger partial charge < -0.3 is 4.67 Å². The van der Waals surface area contributed by atoms with Gasteiger partial charge in [0.25, 0.3) is 0 Å². The van der Waals surface area contributed by atoms with Gasteiger partial charge in [-0.15, -0.1) is 0 Å². The van der Waals surface area contributed by atoms with Crippen LogP contribution in [0.1, 0.15) is 31.4 Å². The van der Waals surface area contributed by atoms with Gasteiger partial charge in [0.15, 0.2) is 0 Å². The van der Waals surface area contributed by atoms with Gasteiger partial charge in [0.05, 0.1) is 0 Å². The van der Waals surface area contributed by atoms with Crippen LogP contribution in [-0.2, 0) is 0 Å². The minimum atomic E-state index is -0.449. The Morgan fingerprint density at radius 3 is 2.42 bits per heavy atom. The van der Waals surface area contributed by atoms with E-state index in [2.05, 4.69) is 88.6 Å². The number of fused-ring (bicyclic) bond motifs is 1. The fraction of sp³-hybridized carbons (Fsp3) is 0.400. The van der Waals surface area contributed by atoms with E-state index in [1.165, 1.54) is 37.2 Å². The first-order valence-corrected chi connectivity index (χ1v) is 10.1. The third-order valence-corrected chi connectivity index (χ3v) is 8.08. The fourth-order valence-corrected chi connectivity index (χ4v) is 6.81. The summed E-state index contributed by atoms with van der Waals surface area (Å²) in [4.78, 5) is 0. The minimum absolute atomic E-state index is 0.419. The van der Waals surface area contributed by atoms with Gasteiger partial charge >= 0.3 is 0 Å². The molecule has 0 radical (unpaired) electrons. The van der Waals surface area contributed by atoms with E-state index in [1.54, 1.807) is 0 Å². The molecule has 0 saturated carbocycles. The van der Waals surface area contributed by atoms with Crippen LogP contribution in [0, 0.1) is 0 Å². The number of rotatable bonds is 4. The molecule has 24 heavy (non-hydrogen) atoms. The minimum Gasteiger partial charge on any atom is -0.324 e. The summed E-state index contributed by atoms with van der Waals surface area (Å²) in [5, 5.41) is 0. The molecule has 0 amide bonds. The maximum absolute atomic E-state index is 2.77. The summed E-state index contributed by atoms with van der Waals surface area (Å²) in [5.74, 6) is 0. The Bertz CT molecular complexity index is 663. The molecule has 2 aliphatic rings. The van der Waals surface area contributed by atoms with Crippen LogP contribution in [0.5, 0.6) is 0 Å². The lowest BCUT2D eigenvalue weighted by molar-refractivity contribution is 0.387. The van der Waals surface area contributed by atoms with Crippen LogP contribution in [0.4, 0.5) is 5.69 Å². The average molecular weight is 339 g/mol. The van der Waals surface area contributed by atoms with E-state index in [-0.39, 0.29) is 0 Å². The van der Waals surface area contributed by atoms with Gasteiger partial charge in [-0.2, -0.15) is 0 Å². The Kier molecular flexibility index (Phi) is 4.58. The number of hydrogen-bond acceptors (Lipinski definition) is 3. The van der Waals surface area contributed by atoms with Crippen LogP contribution in [0.15, 0.2) is 60.7 Å². The van der Waals surface area contributed by atoms with E-state index < -0.39 is 8.37 Å². The molecule has 2 heterocycles. The molecule has 0 unspecified atom stereocenters. The number of benzene rings is 2. The highest BCUT2D eigenvalue weighted by molar-refractivity contribution is 7.54. The monoisotopic (exact) mass is 339 g/mol. The van der Waals surface area contributed by atoms with Crippen molar-refractivity contribution in [2.45, 2.75) is 31.8 Å². The van der Waals surface area contributed by atoms with Gasteiger partial charge in [-0.25, -0.2) is 9.34 Å². The zero-order valence-corrected chi connectivity index (χ0v) is 15.4. The van der Waals surface area contributed by atoms with Crippen molar-refractivity contribution in [2.24, 2.45) is 0 Å². The smallest absolute Gasteiger partial charge is 0.149 e. The van der Waals surface area contributed by atoms with E-state index in [9.17, 15) is 0 Å². The second-order valence-electron chi connectivity index (χ2n) is 6.81. The van der Waals surface area contributed by atoms with Crippen molar-refractivity contribution in [2.75, 3.05) is 24.8 Å². The molecule has 3 nitrogen and oxygen atoms in total. The van der Waals surface area contributed by atoms with Crippen LogP contribution in [-0.4, -0.2) is 35.5 Å². The molecule has 2 aromatic carbocycles. The van der Waals surface area contributed by atoms with E-state index in [1.807, 2.05) is 0 Å². The molecule has 2 fully saturated rings. The number of hydrogen-bond donors (Lipinski definition) is 0. The number of nitrogens with zero attached hydrogens (tertiary/aromatic N) is 3. The van der Waals surface area contributed by atoms with Crippen molar-refractivity contribution >= 4 is 14.1 Å². The molecule has 2 aliphatic heterocycles.